The van der Waals surface area contributed by atoms with E-state index in [4.69, 9.17) is 4.52 Å². The molecular formula is C18H24N4O3. The second-order valence-corrected chi connectivity index (χ2v) is 6.36. The molecule has 7 heteroatoms. The number of aryl methyl sites for hydroxylation is 3. The Labute approximate surface area is 147 Å². The van der Waals surface area contributed by atoms with Crippen LogP contribution in [0.3, 0.4) is 0 Å². The fourth-order valence-corrected chi connectivity index (χ4v) is 3.26. The molecule has 1 fully saturated rings. The van der Waals surface area contributed by atoms with Crippen LogP contribution in [0.4, 0.5) is 0 Å². The third-order valence-electron chi connectivity index (χ3n) is 4.72. The summed E-state index contributed by atoms with van der Waals surface area (Å²) in [5, 5.41) is 3.97. The lowest BCUT2D eigenvalue weighted by Gasteiger charge is -2.22. The van der Waals surface area contributed by atoms with Crippen molar-refractivity contribution in [2.75, 3.05) is 26.2 Å². The molecule has 0 aromatic carbocycles. The molecule has 134 valence electrons. The molecule has 3 heterocycles. The lowest BCUT2D eigenvalue weighted by molar-refractivity contribution is 0.0712. The van der Waals surface area contributed by atoms with Crippen molar-refractivity contribution in [3.8, 4) is 0 Å². The third kappa shape index (κ3) is 3.31. The van der Waals surface area contributed by atoms with Crippen LogP contribution >= 0.6 is 0 Å². The first kappa shape index (κ1) is 17.3. The average molecular weight is 344 g/mol. The van der Waals surface area contributed by atoms with Gasteiger partial charge in [-0.25, -0.2) is 0 Å². The van der Waals surface area contributed by atoms with Crippen LogP contribution < -0.4 is 0 Å². The summed E-state index contributed by atoms with van der Waals surface area (Å²) in [5.41, 5.74) is 1.94. The topological polar surface area (TPSA) is 71.6 Å². The van der Waals surface area contributed by atoms with Crippen LogP contribution in [0.2, 0.25) is 0 Å². The Morgan fingerprint density at radius 1 is 1.16 bits per heavy atom. The van der Waals surface area contributed by atoms with E-state index in [1.54, 1.807) is 11.8 Å². The minimum Gasteiger partial charge on any atom is -0.361 e. The Morgan fingerprint density at radius 2 is 1.84 bits per heavy atom. The van der Waals surface area contributed by atoms with Crippen molar-refractivity contribution in [3.05, 3.63) is 41.0 Å². The summed E-state index contributed by atoms with van der Waals surface area (Å²) in [4.78, 5) is 29.2. The van der Waals surface area contributed by atoms with Gasteiger partial charge in [0.15, 0.2) is 0 Å². The van der Waals surface area contributed by atoms with Gasteiger partial charge in [0.1, 0.15) is 17.0 Å². The molecule has 0 radical (unpaired) electrons. The molecule has 2 aromatic rings. The van der Waals surface area contributed by atoms with Gasteiger partial charge >= 0.3 is 0 Å². The zero-order chi connectivity index (χ0) is 18.0. The summed E-state index contributed by atoms with van der Waals surface area (Å²) in [6, 6.07) is 3.69. The second-order valence-electron chi connectivity index (χ2n) is 6.36. The van der Waals surface area contributed by atoms with Crippen LogP contribution in [-0.2, 0) is 13.5 Å². The smallest absolute Gasteiger partial charge is 0.270 e. The van der Waals surface area contributed by atoms with Crippen LogP contribution in [0, 0.1) is 6.92 Å². The van der Waals surface area contributed by atoms with Crippen LogP contribution in [0.1, 0.15) is 45.6 Å². The van der Waals surface area contributed by atoms with Gasteiger partial charge in [-0.1, -0.05) is 12.1 Å². The molecule has 0 atom stereocenters. The van der Waals surface area contributed by atoms with E-state index >= 15 is 0 Å². The van der Waals surface area contributed by atoms with E-state index in [2.05, 4.69) is 5.16 Å². The lowest BCUT2D eigenvalue weighted by atomic mass is 10.1. The van der Waals surface area contributed by atoms with Crippen molar-refractivity contribution in [1.82, 2.24) is 19.5 Å². The number of nitrogens with zero attached hydrogens (tertiary/aromatic N) is 4. The molecule has 3 rings (SSSR count). The highest BCUT2D eigenvalue weighted by Gasteiger charge is 2.28. The molecule has 1 aliphatic heterocycles. The maximum atomic E-state index is 12.9. The highest BCUT2D eigenvalue weighted by atomic mass is 16.5. The number of hydrogen-bond donors (Lipinski definition) is 0. The molecule has 0 saturated carbocycles. The SMILES string of the molecule is CCc1noc(C)c1C(=O)N1CCCN(C(=O)c2cccn2C)CC1. The van der Waals surface area contributed by atoms with E-state index in [9.17, 15) is 9.59 Å². The van der Waals surface area contributed by atoms with E-state index in [-0.39, 0.29) is 11.8 Å². The van der Waals surface area contributed by atoms with Gasteiger partial charge in [-0.3, -0.25) is 9.59 Å². The maximum absolute atomic E-state index is 12.9. The highest BCUT2D eigenvalue weighted by molar-refractivity contribution is 5.96. The average Bonchev–Trinajstić information content (AvgIpc) is 3.10. The quantitative estimate of drug-likeness (QED) is 0.852. The van der Waals surface area contributed by atoms with E-state index < -0.39 is 0 Å². The van der Waals surface area contributed by atoms with E-state index in [1.165, 1.54) is 0 Å². The van der Waals surface area contributed by atoms with Crippen LogP contribution in [0.5, 0.6) is 0 Å². The van der Waals surface area contributed by atoms with Crippen molar-refractivity contribution >= 4 is 11.8 Å². The molecule has 0 bridgehead atoms. The fraction of sp³-hybridized carbons (Fsp3) is 0.500. The van der Waals surface area contributed by atoms with Gasteiger partial charge in [0.05, 0.1) is 5.69 Å². The molecule has 2 amide bonds. The van der Waals surface area contributed by atoms with E-state index in [0.29, 0.717) is 55.3 Å². The first-order valence-electron chi connectivity index (χ1n) is 8.68. The summed E-state index contributed by atoms with van der Waals surface area (Å²) in [6.45, 7) is 6.05. The van der Waals surface area contributed by atoms with Crippen LogP contribution in [0.25, 0.3) is 0 Å². The summed E-state index contributed by atoms with van der Waals surface area (Å²) in [6.07, 6.45) is 3.28. The number of carbonyl (C=O) groups excluding carboxylic acids is 2. The van der Waals surface area contributed by atoms with Crippen LogP contribution in [0.15, 0.2) is 22.9 Å². The fourth-order valence-electron chi connectivity index (χ4n) is 3.26. The Balaban J connectivity index is 1.71. The van der Waals surface area contributed by atoms with Gasteiger partial charge in [0.2, 0.25) is 0 Å². The molecular weight excluding hydrogens is 320 g/mol. The normalized spacial score (nSPS) is 15.3. The predicted molar refractivity (Wildman–Crippen MR) is 92.5 cm³/mol. The molecule has 1 aliphatic rings. The van der Waals surface area contributed by atoms with E-state index in [1.807, 2.05) is 41.8 Å². The predicted octanol–water partition coefficient (Wildman–Crippen LogP) is 1.87. The standard InChI is InChI=1S/C18H24N4O3/c1-4-14-16(13(2)25-19-14)18(24)22-10-6-9-21(11-12-22)17(23)15-7-5-8-20(15)3/h5,7-8H,4,6,9-12H2,1-3H3. The maximum Gasteiger partial charge on any atom is 0.270 e. The number of rotatable bonds is 3. The molecule has 2 aromatic heterocycles. The van der Waals surface area contributed by atoms with Gasteiger partial charge in [0.25, 0.3) is 11.8 Å². The van der Waals surface area contributed by atoms with Crippen molar-refractivity contribution in [2.45, 2.75) is 26.7 Å². The number of hydrogen-bond acceptors (Lipinski definition) is 4. The summed E-state index contributed by atoms with van der Waals surface area (Å²) in [5.74, 6) is 0.517. The molecule has 25 heavy (non-hydrogen) atoms. The largest absolute Gasteiger partial charge is 0.361 e. The third-order valence-corrected chi connectivity index (χ3v) is 4.72. The first-order chi connectivity index (χ1) is 12.0. The minimum absolute atomic E-state index is 0.0113. The molecule has 1 saturated heterocycles. The van der Waals surface area contributed by atoms with Crippen molar-refractivity contribution in [2.24, 2.45) is 7.05 Å². The Kier molecular flexibility index (Phi) is 4.92. The number of amides is 2. The Hall–Kier alpha value is -2.57. The second kappa shape index (κ2) is 7.13. The van der Waals surface area contributed by atoms with E-state index in [0.717, 1.165) is 6.42 Å². The zero-order valence-corrected chi connectivity index (χ0v) is 15.0. The van der Waals surface area contributed by atoms with Gasteiger partial charge < -0.3 is 18.9 Å². The van der Waals surface area contributed by atoms with Gasteiger partial charge in [-0.05, 0) is 31.9 Å². The van der Waals surface area contributed by atoms with Crippen LogP contribution in [-0.4, -0.2) is 57.5 Å². The zero-order valence-electron chi connectivity index (χ0n) is 15.0. The summed E-state index contributed by atoms with van der Waals surface area (Å²) >= 11 is 0. The van der Waals surface area contributed by atoms with Gasteiger partial charge in [0, 0.05) is 39.4 Å². The van der Waals surface area contributed by atoms with Crippen molar-refractivity contribution in [3.63, 3.8) is 0 Å². The monoisotopic (exact) mass is 344 g/mol. The molecule has 0 spiro atoms. The first-order valence-corrected chi connectivity index (χ1v) is 8.68. The molecule has 0 aliphatic carbocycles. The number of aromatic nitrogens is 2. The van der Waals surface area contributed by atoms with Crippen molar-refractivity contribution < 1.29 is 14.1 Å². The summed E-state index contributed by atoms with van der Waals surface area (Å²) in [7, 11) is 1.86. The number of carbonyl (C=O) groups is 2. The Morgan fingerprint density at radius 3 is 2.44 bits per heavy atom. The summed E-state index contributed by atoms with van der Waals surface area (Å²) < 4.78 is 7.01. The molecule has 0 unspecified atom stereocenters. The minimum atomic E-state index is -0.0521. The van der Waals surface area contributed by atoms with Gasteiger partial charge in [-0.15, -0.1) is 0 Å². The van der Waals surface area contributed by atoms with Gasteiger partial charge in [-0.2, -0.15) is 0 Å². The molecule has 0 N–H and O–H groups in total. The van der Waals surface area contributed by atoms with Crippen molar-refractivity contribution in [1.29, 1.82) is 0 Å². The Bertz CT molecular complexity index is 777. The highest BCUT2D eigenvalue weighted by Crippen LogP contribution is 2.18. The molecule has 7 nitrogen and oxygen atoms in total. The lowest BCUT2D eigenvalue weighted by Crippen LogP contribution is -2.38.